The number of ketones is 1. The predicted molar refractivity (Wildman–Crippen MR) is 163 cm³/mol. The SMILES string of the molecule is CC(C)(C)CC(N1CCCC1=O)C(C)(C)C(C)(C)CC(C(C)(C)C)[N+]1(CC(=O)c2ccc(O)c(O)c2)CCCC1=O. The summed E-state index contributed by atoms with van der Waals surface area (Å²) in [5, 5.41) is 19.8. The van der Waals surface area contributed by atoms with E-state index in [-0.39, 0.29) is 73.9 Å². The second kappa shape index (κ2) is 11.3. The number of benzene rings is 1. The van der Waals surface area contributed by atoms with E-state index < -0.39 is 0 Å². The summed E-state index contributed by atoms with van der Waals surface area (Å²) in [6.07, 6.45) is 4.27. The molecule has 1 aromatic rings. The van der Waals surface area contributed by atoms with E-state index in [9.17, 15) is 24.6 Å². The molecule has 0 bridgehead atoms. The molecular formula is C34H55N2O5+. The molecule has 0 radical (unpaired) electrons. The highest BCUT2D eigenvalue weighted by Crippen LogP contribution is 2.53. The molecule has 0 aromatic heterocycles. The van der Waals surface area contributed by atoms with Gasteiger partial charge in [-0.2, -0.15) is 0 Å². The van der Waals surface area contributed by atoms with Crippen LogP contribution in [0.2, 0.25) is 0 Å². The van der Waals surface area contributed by atoms with E-state index in [0.717, 1.165) is 25.8 Å². The second-order valence-electron chi connectivity index (χ2n) is 16.2. The smallest absolute Gasteiger partial charge is 0.314 e. The predicted octanol–water partition coefficient (Wildman–Crippen LogP) is 6.70. The zero-order valence-electron chi connectivity index (χ0n) is 27.3. The Morgan fingerprint density at radius 2 is 1.54 bits per heavy atom. The van der Waals surface area contributed by atoms with Gasteiger partial charge in [-0.1, -0.05) is 69.2 Å². The Labute approximate surface area is 247 Å². The molecule has 2 aliphatic rings. The summed E-state index contributed by atoms with van der Waals surface area (Å²) in [5.41, 5.74) is -0.512. The number of phenolic OH excluding ortho intramolecular Hbond substituents is 2. The van der Waals surface area contributed by atoms with Gasteiger partial charge in [0.2, 0.25) is 11.7 Å². The molecule has 2 saturated heterocycles. The maximum absolute atomic E-state index is 13.9. The zero-order valence-corrected chi connectivity index (χ0v) is 27.3. The van der Waals surface area contributed by atoms with E-state index in [0.29, 0.717) is 31.4 Å². The lowest BCUT2D eigenvalue weighted by atomic mass is 9.57. The van der Waals surface area contributed by atoms with Crippen LogP contribution in [0, 0.1) is 21.7 Å². The monoisotopic (exact) mass is 571 g/mol. The fourth-order valence-corrected chi connectivity index (χ4v) is 7.26. The average molecular weight is 572 g/mol. The molecular weight excluding hydrogens is 516 g/mol. The molecule has 2 heterocycles. The number of hydrogen-bond donors (Lipinski definition) is 2. The third-order valence-corrected chi connectivity index (χ3v) is 10.3. The van der Waals surface area contributed by atoms with Gasteiger partial charge >= 0.3 is 5.91 Å². The van der Waals surface area contributed by atoms with Crippen molar-refractivity contribution in [1.82, 2.24) is 4.90 Å². The lowest BCUT2D eigenvalue weighted by Gasteiger charge is -2.55. The summed E-state index contributed by atoms with van der Waals surface area (Å²) in [5.74, 6) is -0.505. The summed E-state index contributed by atoms with van der Waals surface area (Å²) < 4.78 is 0.0933. The van der Waals surface area contributed by atoms with Crippen LogP contribution in [0.5, 0.6) is 11.5 Å². The summed E-state index contributed by atoms with van der Waals surface area (Å²) in [7, 11) is 0. The summed E-state index contributed by atoms with van der Waals surface area (Å²) in [6, 6.07) is 4.04. The first-order valence-electron chi connectivity index (χ1n) is 15.4. The third kappa shape index (κ3) is 6.81. The molecule has 3 unspecified atom stereocenters. The molecule has 2 aliphatic heterocycles. The molecule has 2 N–H and O–H groups in total. The van der Waals surface area contributed by atoms with Gasteiger partial charge < -0.3 is 15.1 Å². The van der Waals surface area contributed by atoms with Gasteiger partial charge in [0.05, 0.1) is 13.0 Å². The van der Waals surface area contributed by atoms with Crippen molar-refractivity contribution >= 4 is 17.6 Å². The van der Waals surface area contributed by atoms with Crippen LogP contribution >= 0.6 is 0 Å². The van der Waals surface area contributed by atoms with Crippen LogP contribution in [0.15, 0.2) is 18.2 Å². The van der Waals surface area contributed by atoms with Gasteiger partial charge in [0.1, 0.15) is 12.6 Å². The first kappa shape index (κ1) is 33.1. The fourth-order valence-electron chi connectivity index (χ4n) is 7.26. The van der Waals surface area contributed by atoms with Crippen LogP contribution in [-0.2, 0) is 9.59 Å². The van der Waals surface area contributed by atoms with Crippen molar-refractivity contribution in [2.75, 3.05) is 19.6 Å². The lowest BCUT2D eigenvalue weighted by Crippen LogP contribution is -2.65. The number of amides is 2. The first-order chi connectivity index (χ1) is 18.6. The number of aromatic hydroxyl groups is 2. The number of carbonyl (C=O) groups is 3. The van der Waals surface area contributed by atoms with Crippen LogP contribution in [0.1, 0.15) is 118 Å². The maximum atomic E-state index is 13.9. The number of phenols is 2. The molecule has 2 fully saturated rings. The quantitative estimate of drug-likeness (QED) is 0.185. The van der Waals surface area contributed by atoms with Gasteiger partial charge in [-0.05, 0) is 47.3 Å². The topological polar surface area (TPSA) is 94.9 Å². The molecule has 1 aromatic carbocycles. The minimum absolute atomic E-state index is 0.0253. The molecule has 0 saturated carbocycles. The van der Waals surface area contributed by atoms with Gasteiger partial charge in [0, 0.05) is 42.8 Å². The minimum Gasteiger partial charge on any atom is -0.504 e. The van der Waals surface area contributed by atoms with Crippen molar-refractivity contribution in [3.8, 4) is 11.5 Å². The van der Waals surface area contributed by atoms with Crippen LogP contribution in [0.3, 0.4) is 0 Å². The van der Waals surface area contributed by atoms with E-state index in [1.165, 1.54) is 18.2 Å². The van der Waals surface area contributed by atoms with Crippen molar-refractivity contribution in [2.24, 2.45) is 21.7 Å². The summed E-state index contributed by atoms with van der Waals surface area (Å²) in [6.45, 7) is 23.7. The third-order valence-electron chi connectivity index (χ3n) is 10.3. The van der Waals surface area contributed by atoms with Crippen molar-refractivity contribution in [3.63, 3.8) is 0 Å². The van der Waals surface area contributed by atoms with Crippen LogP contribution < -0.4 is 0 Å². The maximum Gasteiger partial charge on any atom is 0.314 e. The fraction of sp³-hybridized carbons (Fsp3) is 0.735. The number of quaternary nitrogens is 1. The molecule has 3 rings (SSSR count). The number of rotatable bonds is 10. The van der Waals surface area contributed by atoms with E-state index in [2.05, 4.69) is 74.1 Å². The van der Waals surface area contributed by atoms with E-state index in [4.69, 9.17) is 0 Å². The Morgan fingerprint density at radius 3 is 2.00 bits per heavy atom. The number of hydrogen-bond acceptors (Lipinski definition) is 5. The summed E-state index contributed by atoms with van der Waals surface area (Å²) in [4.78, 5) is 42.7. The van der Waals surface area contributed by atoms with Crippen molar-refractivity contribution in [2.45, 2.75) is 120 Å². The zero-order chi connectivity index (χ0) is 31.2. The molecule has 2 amide bonds. The molecule has 7 nitrogen and oxygen atoms in total. The second-order valence-corrected chi connectivity index (χ2v) is 16.2. The normalized spacial score (nSPS) is 22.3. The van der Waals surface area contributed by atoms with Crippen LogP contribution in [-0.4, -0.2) is 68.9 Å². The Hall–Kier alpha value is -2.41. The highest BCUT2D eigenvalue weighted by molar-refractivity contribution is 5.98. The molecule has 230 valence electrons. The number of carbonyl (C=O) groups excluding carboxylic acids is 3. The Morgan fingerprint density at radius 1 is 0.902 bits per heavy atom. The molecule has 3 atom stereocenters. The van der Waals surface area contributed by atoms with Gasteiger partial charge in [0.15, 0.2) is 11.5 Å². The Bertz CT molecular complexity index is 1160. The van der Waals surface area contributed by atoms with E-state index in [1.807, 2.05) is 0 Å². The van der Waals surface area contributed by atoms with E-state index >= 15 is 0 Å². The highest BCUT2D eigenvalue weighted by Gasteiger charge is 2.57. The number of likely N-dealkylation sites (tertiary alicyclic amines) is 2. The standard InChI is InChI=1S/C34H54N2O5/c1-31(2,3)20-27(35-17-11-13-29(35)40)34(9,10)33(7,8)21-28(32(4,5)6)36(18-12-14-30(36)41)22-26(39)23-15-16-24(37)25(38)19-23/h15-16,19,27-28H,11-14,17-18,20-22H2,1-10H3,(H-,37,38,39)/p+1. The average Bonchev–Trinajstić information content (AvgIpc) is 3.41. The van der Waals surface area contributed by atoms with Crippen molar-refractivity contribution in [3.05, 3.63) is 23.8 Å². The molecule has 7 heteroatoms. The van der Waals surface area contributed by atoms with Crippen molar-refractivity contribution in [1.29, 1.82) is 0 Å². The van der Waals surface area contributed by atoms with E-state index in [1.54, 1.807) is 0 Å². The number of Topliss-reactive ketones (excluding diaryl/α,β-unsaturated/α-hetero) is 1. The van der Waals surface area contributed by atoms with Gasteiger partial charge in [-0.15, -0.1) is 0 Å². The lowest BCUT2D eigenvalue weighted by molar-refractivity contribution is -0.873. The highest BCUT2D eigenvalue weighted by atomic mass is 16.3. The van der Waals surface area contributed by atoms with Crippen LogP contribution in [0.25, 0.3) is 0 Å². The molecule has 0 aliphatic carbocycles. The molecule has 41 heavy (non-hydrogen) atoms. The Balaban J connectivity index is 2.05. The van der Waals surface area contributed by atoms with Gasteiger partial charge in [-0.3, -0.25) is 14.1 Å². The van der Waals surface area contributed by atoms with Gasteiger partial charge in [-0.25, -0.2) is 4.79 Å². The van der Waals surface area contributed by atoms with Crippen molar-refractivity contribution < 1.29 is 29.1 Å². The summed E-state index contributed by atoms with van der Waals surface area (Å²) >= 11 is 0. The largest absolute Gasteiger partial charge is 0.504 e. The Kier molecular flexibility index (Phi) is 9.16. The first-order valence-corrected chi connectivity index (χ1v) is 15.4. The van der Waals surface area contributed by atoms with Gasteiger partial charge in [0.25, 0.3) is 0 Å². The minimum atomic E-state index is -0.341. The molecule has 0 spiro atoms. The number of nitrogens with zero attached hydrogens (tertiary/aromatic N) is 2. The van der Waals surface area contributed by atoms with Crippen LogP contribution in [0.4, 0.5) is 0 Å².